The molecule has 5 heteroatoms. The highest BCUT2D eigenvalue weighted by Crippen LogP contribution is 2.20. The van der Waals surface area contributed by atoms with E-state index in [1.165, 1.54) is 6.92 Å². The summed E-state index contributed by atoms with van der Waals surface area (Å²) in [6, 6.07) is 0. The second-order valence-electron chi connectivity index (χ2n) is 3.95. The van der Waals surface area contributed by atoms with Crippen LogP contribution in [0.1, 0.15) is 33.1 Å². The van der Waals surface area contributed by atoms with Gasteiger partial charge in [-0.3, -0.25) is 4.79 Å². The number of hydrogen-bond acceptors (Lipinski definition) is 5. The Labute approximate surface area is 101 Å². The van der Waals surface area contributed by atoms with Crippen LogP contribution >= 0.6 is 0 Å². The summed E-state index contributed by atoms with van der Waals surface area (Å²) in [6.45, 7) is 7.29. The van der Waals surface area contributed by atoms with Crippen LogP contribution < -0.4 is 0 Å². The summed E-state index contributed by atoms with van der Waals surface area (Å²) >= 11 is 0. The lowest BCUT2D eigenvalue weighted by molar-refractivity contribution is -0.205. The maximum Gasteiger partial charge on any atom is 0.336 e. The number of hydrogen-bond donors (Lipinski definition) is 0. The lowest BCUT2D eigenvalue weighted by Gasteiger charge is -2.22. The molecule has 0 aromatic rings. The molecule has 0 amide bonds. The SMILES string of the molecule is C=C(C)C(=O)OC(OC(=O)CC)C1CCCO1. The molecule has 1 aliphatic heterocycles. The van der Waals surface area contributed by atoms with Crippen molar-refractivity contribution in [2.24, 2.45) is 0 Å². The molecule has 0 aromatic carbocycles. The predicted octanol–water partition coefficient (Wildman–Crippen LogP) is 1.56. The molecule has 2 atom stereocenters. The summed E-state index contributed by atoms with van der Waals surface area (Å²) in [4.78, 5) is 22.6. The fourth-order valence-corrected chi connectivity index (χ4v) is 1.41. The van der Waals surface area contributed by atoms with Gasteiger partial charge in [-0.05, 0) is 19.8 Å². The maximum absolute atomic E-state index is 11.4. The molecule has 1 aliphatic rings. The van der Waals surface area contributed by atoms with Crippen LogP contribution in [0.25, 0.3) is 0 Å². The van der Waals surface area contributed by atoms with Gasteiger partial charge in [-0.25, -0.2) is 4.79 Å². The minimum absolute atomic E-state index is 0.230. The van der Waals surface area contributed by atoms with Crippen LogP contribution in [0.15, 0.2) is 12.2 Å². The van der Waals surface area contributed by atoms with Crippen molar-refractivity contribution in [1.82, 2.24) is 0 Å². The summed E-state index contributed by atoms with van der Waals surface area (Å²) in [5.41, 5.74) is 0.264. The summed E-state index contributed by atoms with van der Waals surface area (Å²) in [5.74, 6) is -0.991. The van der Waals surface area contributed by atoms with E-state index in [0.29, 0.717) is 13.0 Å². The van der Waals surface area contributed by atoms with Crippen molar-refractivity contribution in [2.45, 2.75) is 45.5 Å². The lowest BCUT2D eigenvalue weighted by Crippen LogP contribution is -2.35. The highest BCUT2D eigenvalue weighted by molar-refractivity contribution is 5.87. The van der Waals surface area contributed by atoms with Gasteiger partial charge in [0.2, 0.25) is 0 Å². The normalized spacial score (nSPS) is 20.7. The molecule has 0 radical (unpaired) electrons. The number of carbonyl (C=O) groups excluding carboxylic acids is 2. The fourth-order valence-electron chi connectivity index (χ4n) is 1.41. The van der Waals surface area contributed by atoms with Gasteiger partial charge < -0.3 is 14.2 Å². The molecule has 0 N–H and O–H groups in total. The van der Waals surface area contributed by atoms with Crippen LogP contribution in [-0.2, 0) is 23.8 Å². The molecule has 0 bridgehead atoms. The monoisotopic (exact) mass is 242 g/mol. The Morgan fingerprint density at radius 2 is 2.18 bits per heavy atom. The van der Waals surface area contributed by atoms with Crippen molar-refractivity contribution in [3.8, 4) is 0 Å². The molecule has 0 aliphatic carbocycles. The molecule has 0 spiro atoms. The van der Waals surface area contributed by atoms with Crippen LogP contribution in [0.4, 0.5) is 0 Å². The molecule has 1 rings (SSSR count). The zero-order valence-corrected chi connectivity index (χ0v) is 10.2. The van der Waals surface area contributed by atoms with E-state index < -0.39 is 18.2 Å². The molecular weight excluding hydrogens is 224 g/mol. The number of carbonyl (C=O) groups is 2. The van der Waals surface area contributed by atoms with Crippen molar-refractivity contribution in [3.63, 3.8) is 0 Å². The second-order valence-corrected chi connectivity index (χ2v) is 3.95. The summed E-state index contributed by atoms with van der Waals surface area (Å²) in [6.07, 6.45) is 0.483. The Morgan fingerprint density at radius 1 is 1.47 bits per heavy atom. The first kappa shape index (κ1) is 13.7. The smallest absolute Gasteiger partial charge is 0.336 e. The van der Waals surface area contributed by atoms with E-state index in [0.717, 1.165) is 6.42 Å². The molecule has 1 saturated heterocycles. The molecule has 17 heavy (non-hydrogen) atoms. The van der Waals surface area contributed by atoms with E-state index in [4.69, 9.17) is 14.2 Å². The van der Waals surface area contributed by atoms with Gasteiger partial charge in [0.25, 0.3) is 6.29 Å². The van der Waals surface area contributed by atoms with Gasteiger partial charge in [-0.2, -0.15) is 0 Å². The Balaban J connectivity index is 2.60. The topological polar surface area (TPSA) is 61.8 Å². The standard InChI is InChI=1S/C12H18O5/c1-4-10(13)16-12(9-6-5-7-15-9)17-11(14)8(2)3/h9,12H,2,4-7H2,1,3H3. The van der Waals surface area contributed by atoms with Gasteiger partial charge in [-0.1, -0.05) is 13.5 Å². The Bertz CT molecular complexity index is 304. The number of esters is 2. The van der Waals surface area contributed by atoms with Crippen molar-refractivity contribution >= 4 is 11.9 Å². The van der Waals surface area contributed by atoms with Crippen LogP contribution in [0.2, 0.25) is 0 Å². The average Bonchev–Trinajstić information content (AvgIpc) is 2.80. The van der Waals surface area contributed by atoms with E-state index in [-0.39, 0.29) is 18.1 Å². The maximum atomic E-state index is 11.4. The van der Waals surface area contributed by atoms with Gasteiger partial charge in [0, 0.05) is 18.6 Å². The van der Waals surface area contributed by atoms with E-state index in [1.807, 2.05) is 0 Å². The summed E-state index contributed by atoms with van der Waals surface area (Å²) in [5, 5.41) is 0. The van der Waals surface area contributed by atoms with Crippen LogP contribution in [0, 0.1) is 0 Å². The van der Waals surface area contributed by atoms with Gasteiger partial charge in [0.1, 0.15) is 6.10 Å². The Morgan fingerprint density at radius 3 is 2.65 bits per heavy atom. The highest BCUT2D eigenvalue weighted by Gasteiger charge is 2.32. The van der Waals surface area contributed by atoms with Crippen molar-refractivity contribution in [2.75, 3.05) is 6.61 Å². The first-order valence-corrected chi connectivity index (χ1v) is 5.72. The Hall–Kier alpha value is -1.36. The zero-order chi connectivity index (χ0) is 12.8. The van der Waals surface area contributed by atoms with Crippen LogP contribution in [0.5, 0.6) is 0 Å². The van der Waals surface area contributed by atoms with Crippen LogP contribution in [-0.4, -0.2) is 30.9 Å². The minimum atomic E-state index is -0.964. The van der Waals surface area contributed by atoms with Gasteiger partial charge in [-0.15, -0.1) is 0 Å². The molecule has 0 saturated carbocycles. The van der Waals surface area contributed by atoms with Crippen molar-refractivity contribution < 1.29 is 23.8 Å². The lowest BCUT2D eigenvalue weighted by atomic mass is 10.2. The summed E-state index contributed by atoms with van der Waals surface area (Å²) < 4.78 is 15.5. The second kappa shape index (κ2) is 6.39. The van der Waals surface area contributed by atoms with E-state index in [9.17, 15) is 9.59 Å². The molecule has 96 valence electrons. The molecule has 1 heterocycles. The fraction of sp³-hybridized carbons (Fsp3) is 0.667. The quantitative estimate of drug-likeness (QED) is 0.416. The summed E-state index contributed by atoms with van der Waals surface area (Å²) in [7, 11) is 0. The average molecular weight is 242 g/mol. The first-order valence-electron chi connectivity index (χ1n) is 5.72. The van der Waals surface area contributed by atoms with Crippen molar-refractivity contribution in [1.29, 1.82) is 0 Å². The van der Waals surface area contributed by atoms with E-state index >= 15 is 0 Å². The molecule has 0 aromatic heterocycles. The molecule has 1 fully saturated rings. The third kappa shape index (κ3) is 4.19. The Kier molecular flexibility index (Phi) is 5.15. The van der Waals surface area contributed by atoms with Gasteiger partial charge in [0.15, 0.2) is 0 Å². The molecule has 5 nitrogen and oxygen atoms in total. The highest BCUT2D eigenvalue weighted by atomic mass is 16.7. The molecule has 2 unspecified atom stereocenters. The molecular formula is C12H18O5. The third-order valence-electron chi connectivity index (χ3n) is 2.38. The predicted molar refractivity (Wildman–Crippen MR) is 60.1 cm³/mol. The largest absolute Gasteiger partial charge is 0.422 e. The van der Waals surface area contributed by atoms with E-state index in [1.54, 1.807) is 6.92 Å². The van der Waals surface area contributed by atoms with Gasteiger partial charge in [0.05, 0.1) is 0 Å². The van der Waals surface area contributed by atoms with Crippen molar-refractivity contribution in [3.05, 3.63) is 12.2 Å². The number of rotatable bonds is 5. The zero-order valence-electron chi connectivity index (χ0n) is 10.2. The first-order chi connectivity index (χ1) is 8.04. The third-order valence-corrected chi connectivity index (χ3v) is 2.38. The van der Waals surface area contributed by atoms with E-state index in [2.05, 4.69) is 6.58 Å². The van der Waals surface area contributed by atoms with Crippen LogP contribution in [0.3, 0.4) is 0 Å². The minimum Gasteiger partial charge on any atom is -0.422 e. The van der Waals surface area contributed by atoms with Gasteiger partial charge >= 0.3 is 11.9 Å². The number of ether oxygens (including phenoxy) is 3.